The molecule has 0 radical (unpaired) electrons. The second-order valence-electron chi connectivity index (χ2n) is 5.60. The summed E-state index contributed by atoms with van der Waals surface area (Å²) >= 11 is 6.18. The summed E-state index contributed by atoms with van der Waals surface area (Å²) in [6.45, 7) is 3.47. The molecule has 0 spiro atoms. The van der Waals surface area contributed by atoms with Crippen molar-refractivity contribution in [1.82, 2.24) is 9.55 Å². The predicted molar refractivity (Wildman–Crippen MR) is 81.0 cm³/mol. The fourth-order valence-electron chi connectivity index (χ4n) is 2.88. The molecule has 1 aromatic heterocycles. The van der Waals surface area contributed by atoms with Crippen LogP contribution in [0.25, 0.3) is 11.0 Å². The van der Waals surface area contributed by atoms with E-state index in [0.29, 0.717) is 23.3 Å². The second kappa shape index (κ2) is 4.95. The predicted octanol–water partition coefficient (Wildman–Crippen LogP) is 3.14. The number of halogens is 2. The Bertz CT molecular complexity index is 814. The van der Waals surface area contributed by atoms with Gasteiger partial charge < -0.3 is 4.57 Å². The van der Waals surface area contributed by atoms with Crippen LogP contribution in [-0.2, 0) is 9.84 Å². The number of sulfone groups is 1. The molecule has 1 aliphatic heterocycles. The van der Waals surface area contributed by atoms with E-state index in [0.717, 1.165) is 5.52 Å². The van der Waals surface area contributed by atoms with Crippen LogP contribution in [0, 0.1) is 12.7 Å². The van der Waals surface area contributed by atoms with Crippen molar-refractivity contribution in [2.75, 3.05) is 11.5 Å². The number of fused-ring (bicyclic) bond motifs is 1. The van der Waals surface area contributed by atoms with E-state index in [4.69, 9.17) is 11.6 Å². The first-order valence-corrected chi connectivity index (χ1v) is 9.07. The van der Waals surface area contributed by atoms with Gasteiger partial charge in [-0.2, -0.15) is 0 Å². The molecule has 0 amide bonds. The summed E-state index contributed by atoms with van der Waals surface area (Å²) in [5.74, 6) is 0.540. The highest BCUT2D eigenvalue weighted by atomic mass is 35.5. The number of hydrogen-bond donors (Lipinski definition) is 0. The maximum absolute atomic E-state index is 13.7. The summed E-state index contributed by atoms with van der Waals surface area (Å²) in [4.78, 5) is 4.40. The Morgan fingerprint density at radius 2 is 2.19 bits per heavy atom. The fourth-order valence-corrected chi connectivity index (χ4v) is 4.74. The molecule has 21 heavy (non-hydrogen) atoms. The number of aryl methyl sites for hydroxylation is 1. The normalized spacial score (nSPS) is 22.8. The van der Waals surface area contributed by atoms with E-state index < -0.39 is 9.84 Å². The zero-order chi connectivity index (χ0) is 15.4. The maximum Gasteiger partial charge on any atom is 0.152 e. The van der Waals surface area contributed by atoms with Gasteiger partial charge >= 0.3 is 0 Å². The van der Waals surface area contributed by atoms with Crippen molar-refractivity contribution in [3.63, 3.8) is 0 Å². The molecule has 7 heteroatoms. The van der Waals surface area contributed by atoms with Gasteiger partial charge in [0.2, 0.25) is 0 Å². The van der Waals surface area contributed by atoms with Crippen LogP contribution in [0.1, 0.15) is 36.2 Å². The van der Waals surface area contributed by atoms with Gasteiger partial charge in [0.15, 0.2) is 9.84 Å². The second-order valence-corrected chi connectivity index (χ2v) is 8.49. The number of aromatic nitrogens is 2. The summed E-state index contributed by atoms with van der Waals surface area (Å²) in [6.07, 6.45) is 0.542. The third-order valence-corrected chi connectivity index (χ3v) is 5.87. The summed E-state index contributed by atoms with van der Waals surface area (Å²) in [5, 5.41) is -0.371. The van der Waals surface area contributed by atoms with Gasteiger partial charge in [-0.3, -0.25) is 0 Å². The lowest BCUT2D eigenvalue weighted by atomic mass is 10.2. The SMILES string of the molecule is Cc1cc2c(cc1F)nc(C(C)Cl)n2C1CCS(=O)(=O)C1. The molecular weight excluding hydrogens is 315 g/mol. The Kier molecular flexibility index (Phi) is 3.48. The number of benzene rings is 1. The first-order chi connectivity index (χ1) is 9.78. The van der Waals surface area contributed by atoms with Crippen LogP contribution in [0.2, 0.25) is 0 Å². The van der Waals surface area contributed by atoms with Gasteiger partial charge in [-0.05, 0) is 31.9 Å². The Balaban J connectivity index is 2.23. The lowest BCUT2D eigenvalue weighted by Gasteiger charge is -2.16. The molecule has 0 saturated carbocycles. The number of nitrogens with zero attached hydrogens (tertiary/aromatic N) is 2. The summed E-state index contributed by atoms with van der Waals surface area (Å²) in [6, 6.07) is 2.92. The van der Waals surface area contributed by atoms with Gasteiger partial charge in [0.25, 0.3) is 0 Å². The van der Waals surface area contributed by atoms with E-state index in [2.05, 4.69) is 4.98 Å². The Hall–Kier alpha value is -1.14. The van der Waals surface area contributed by atoms with Crippen LogP contribution >= 0.6 is 11.6 Å². The number of imidazole rings is 1. The zero-order valence-corrected chi connectivity index (χ0v) is 13.4. The highest BCUT2D eigenvalue weighted by Gasteiger charge is 2.32. The van der Waals surface area contributed by atoms with Gasteiger partial charge in [-0.25, -0.2) is 17.8 Å². The van der Waals surface area contributed by atoms with Crippen molar-refractivity contribution in [2.24, 2.45) is 0 Å². The van der Waals surface area contributed by atoms with E-state index in [1.54, 1.807) is 19.9 Å². The molecule has 1 fully saturated rings. The van der Waals surface area contributed by atoms with Crippen LogP contribution in [-0.4, -0.2) is 29.5 Å². The lowest BCUT2D eigenvalue weighted by molar-refractivity contribution is 0.545. The number of hydrogen-bond acceptors (Lipinski definition) is 3. The first-order valence-electron chi connectivity index (χ1n) is 6.81. The van der Waals surface area contributed by atoms with Gasteiger partial charge in [-0.1, -0.05) is 0 Å². The molecule has 2 aromatic rings. The van der Waals surface area contributed by atoms with Crippen LogP contribution in [0.5, 0.6) is 0 Å². The van der Waals surface area contributed by atoms with Crippen LogP contribution < -0.4 is 0 Å². The van der Waals surface area contributed by atoms with Crippen molar-refractivity contribution >= 4 is 32.5 Å². The molecule has 2 heterocycles. The van der Waals surface area contributed by atoms with Crippen molar-refractivity contribution in [1.29, 1.82) is 0 Å². The number of alkyl halides is 1. The molecule has 0 bridgehead atoms. The third kappa shape index (κ3) is 2.55. The average Bonchev–Trinajstić information content (AvgIpc) is 2.90. The quantitative estimate of drug-likeness (QED) is 0.795. The van der Waals surface area contributed by atoms with Crippen molar-refractivity contribution in [3.8, 4) is 0 Å². The molecule has 2 atom stereocenters. The van der Waals surface area contributed by atoms with E-state index >= 15 is 0 Å². The molecule has 2 unspecified atom stereocenters. The maximum atomic E-state index is 13.7. The smallest absolute Gasteiger partial charge is 0.152 e. The number of rotatable bonds is 2. The van der Waals surface area contributed by atoms with E-state index in [-0.39, 0.29) is 28.7 Å². The standard InChI is InChI=1S/C14H16ClFN2O2S/c1-8-5-13-12(6-11(8)16)17-14(9(2)15)18(13)10-3-4-21(19,20)7-10/h5-6,9-10H,3-4,7H2,1-2H3. The Morgan fingerprint density at radius 1 is 1.48 bits per heavy atom. The topological polar surface area (TPSA) is 52.0 Å². The average molecular weight is 331 g/mol. The highest BCUT2D eigenvalue weighted by Crippen LogP contribution is 2.34. The molecule has 3 rings (SSSR count). The summed E-state index contributed by atoms with van der Waals surface area (Å²) in [7, 11) is -3.02. The van der Waals surface area contributed by atoms with E-state index in [9.17, 15) is 12.8 Å². The molecule has 4 nitrogen and oxygen atoms in total. The minimum absolute atomic E-state index is 0.0888. The molecule has 1 saturated heterocycles. The van der Waals surface area contributed by atoms with Crippen molar-refractivity contribution < 1.29 is 12.8 Å². The molecule has 0 aliphatic carbocycles. The molecule has 0 N–H and O–H groups in total. The molecular formula is C14H16ClFN2O2S. The highest BCUT2D eigenvalue weighted by molar-refractivity contribution is 7.91. The van der Waals surface area contributed by atoms with Gasteiger partial charge in [0.1, 0.15) is 11.6 Å². The summed E-state index contributed by atoms with van der Waals surface area (Å²) in [5.41, 5.74) is 1.78. The van der Waals surface area contributed by atoms with E-state index in [1.165, 1.54) is 6.07 Å². The Labute approximate surface area is 127 Å². The molecule has 1 aromatic carbocycles. The molecule has 1 aliphatic rings. The lowest BCUT2D eigenvalue weighted by Crippen LogP contribution is -2.14. The van der Waals surface area contributed by atoms with Crippen LogP contribution in [0.4, 0.5) is 4.39 Å². The minimum Gasteiger partial charge on any atom is -0.323 e. The van der Waals surface area contributed by atoms with Crippen LogP contribution in [0.15, 0.2) is 12.1 Å². The first kappa shape index (κ1) is 14.8. The fraction of sp³-hybridized carbons (Fsp3) is 0.500. The van der Waals surface area contributed by atoms with E-state index in [1.807, 2.05) is 4.57 Å². The van der Waals surface area contributed by atoms with Gasteiger partial charge in [0, 0.05) is 6.07 Å². The third-order valence-electron chi connectivity index (χ3n) is 3.93. The monoisotopic (exact) mass is 330 g/mol. The van der Waals surface area contributed by atoms with Crippen molar-refractivity contribution in [2.45, 2.75) is 31.7 Å². The minimum atomic E-state index is -3.02. The largest absolute Gasteiger partial charge is 0.323 e. The van der Waals surface area contributed by atoms with Gasteiger partial charge in [-0.15, -0.1) is 11.6 Å². The zero-order valence-electron chi connectivity index (χ0n) is 11.8. The Morgan fingerprint density at radius 3 is 2.76 bits per heavy atom. The van der Waals surface area contributed by atoms with Gasteiger partial charge in [0.05, 0.1) is 34.0 Å². The van der Waals surface area contributed by atoms with Crippen LogP contribution in [0.3, 0.4) is 0 Å². The molecule has 114 valence electrons. The summed E-state index contributed by atoms with van der Waals surface area (Å²) < 4.78 is 39.1. The van der Waals surface area contributed by atoms with Crippen molar-refractivity contribution in [3.05, 3.63) is 29.3 Å².